The number of aryl methyl sites for hydroxylation is 2. The third-order valence-corrected chi connectivity index (χ3v) is 5.33. The van der Waals surface area contributed by atoms with E-state index >= 15 is 0 Å². The molecular weight excluding hydrogens is 266 g/mol. The van der Waals surface area contributed by atoms with Gasteiger partial charge in [0.05, 0.1) is 16.4 Å². The number of halogens is 1. The minimum Gasteiger partial charge on any atom is -0.308 e. The van der Waals surface area contributed by atoms with E-state index in [0.29, 0.717) is 6.04 Å². The molecule has 0 spiro atoms. The number of nitrogens with zero attached hydrogens (tertiary/aromatic N) is 2. The van der Waals surface area contributed by atoms with Gasteiger partial charge in [0, 0.05) is 24.9 Å². The van der Waals surface area contributed by atoms with Gasteiger partial charge in [-0.25, -0.2) is 0 Å². The molecule has 0 bridgehead atoms. The average molecular weight is 288 g/mol. The second kappa shape index (κ2) is 6.31. The van der Waals surface area contributed by atoms with Crippen molar-refractivity contribution in [2.24, 2.45) is 7.05 Å². The van der Waals surface area contributed by atoms with E-state index in [1.807, 2.05) is 18.7 Å². The summed E-state index contributed by atoms with van der Waals surface area (Å²) in [5.74, 6) is 1.23. The Labute approximate surface area is 119 Å². The second-order valence-electron chi connectivity index (χ2n) is 4.94. The van der Waals surface area contributed by atoms with E-state index in [1.165, 1.54) is 25.0 Å². The quantitative estimate of drug-likeness (QED) is 0.902. The van der Waals surface area contributed by atoms with Crippen molar-refractivity contribution in [3.05, 3.63) is 16.4 Å². The molecule has 1 N–H and O–H groups in total. The molecule has 2 rings (SSSR count). The first kappa shape index (κ1) is 14.2. The molecule has 2 atom stereocenters. The van der Waals surface area contributed by atoms with E-state index in [-0.39, 0.29) is 0 Å². The Morgan fingerprint density at radius 3 is 2.89 bits per heavy atom. The molecule has 0 aliphatic heterocycles. The molecular formula is C13H22ClN3S. The van der Waals surface area contributed by atoms with Crippen LogP contribution in [0.3, 0.4) is 0 Å². The highest BCUT2D eigenvalue weighted by molar-refractivity contribution is 7.99. The van der Waals surface area contributed by atoms with Gasteiger partial charge in [-0.1, -0.05) is 18.5 Å². The lowest BCUT2D eigenvalue weighted by Gasteiger charge is -2.13. The van der Waals surface area contributed by atoms with Crippen molar-refractivity contribution in [1.82, 2.24) is 15.1 Å². The fourth-order valence-electron chi connectivity index (χ4n) is 2.63. The number of thioether (sulfide) groups is 1. The lowest BCUT2D eigenvalue weighted by molar-refractivity contribution is 0.508. The van der Waals surface area contributed by atoms with Crippen LogP contribution in [0.4, 0.5) is 0 Å². The van der Waals surface area contributed by atoms with E-state index < -0.39 is 0 Å². The minimum absolute atomic E-state index is 0.639. The summed E-state index contributed by atoms with van der Waals surface area (Å²) in [5.41, 5.74) is 2.02. The summed E-state index contributed by atoms with van der Waals surface area (Å²) in [7, 11) is 1.96. The second-order valence-corrected chi connectivity index (χ2v) is 6.89. The van der Waals surface area contributed by atoms with Gasteiger partial charge in [-0.05, 0) is 31.9 Å². The number of rotatable bonds is 5. The largest absolute Gasteiger partial charge is 0.308 e. The average Bonchev–Trinajstić information content (AvgIpc) is 2.85. The molecule has 18 heavy (non-hydrogen) atoms. The van der Waals surface area contributed by atoms with Crippen molar-refractivity contribution in [3.63, 3.8) is 0 Å². The van der Waals surface area contributed by atoms with Gasteiger partial charge in [0.25, 0.3) is 0 Å². The van der Waals surface area contributed by atoms with Gasteiger partial charge in [0.15, 0.2) is 0 Å². The van der Waals surface area contributed by atoms with Gasteiger partial charge >= 0.3 is 0 Å². The molecule has 102 valence electrons. The molecule has 1 aliphatic carbocycles. The van der Waals surface area contributed by atoms with Gasteiger partial charge in [-0.3, -0.25) is 4.68 Å². The molecule has 1 aromatic heterocycles. The zero-order chi connectivity index (χ0) is 13.1. The number of hydrogen-bond donors (Lipinski definition) is 1. The highest BCUT2D eigenvalue weighted by atomic mass is 35.5. The van der Waals surface area contributed by atoms with E-state index in [1.54, 1.807) is 0 Å². The Kier molecular flexibility index (Phi) is 4.98. The summed E-state index contributed by atoms with van der Waals surface area (Å²) in [5, 5.41) is 9.62. The molecule has 1 aromatic rings. The van der Waals surface area contributed by atoms with E-state index in [0.717, 1.165) is 28.2 Å². The summed E-state index contributed by atoms with van der Waals surface area (Å²) in [4.78, 5) is 0. The zero-order valence-electron chi connectivity index (χ0n) is 11.4. The van der Waals surface area contributed by atoms with Crippen LogP contribution in [0.1, 0.15) is 37.6 Å². The molecule has 2 unspecified atom stereocenters. The van der Waals surface area contributed by atoms with Gasteiger partial charge in [-0.2, -0.15) is 16.9 Å². The molecule has 1 fully saturated rings. The van der Waals surface area contributed by atoms with E-state index in [4.69, 9.17) is 11.6 Å². The molecule has 1 saturated carbocycles. The van der Waals surface area contributed by atoms with Crippen molar-refractivity contribution >= 4 is 23.4 Å². The highest BCUT2D eigenvalue weighted by Gasteiger charge is 2.24. The van der Waals surface area contributed by atoms with Crippen molar-refractivity contribution in [2.45, 2.75) is 50.9 Å². The Hall–Kier alpha value is -0.190. The molecule has 0 saturated heterocycles. The van der Waals surface area contributed by atoms with Crippen LogP contribution in [0.25, 0.3) is 0 Å². The molecule has 0 amide bonds. The van der Waals surface area contributed by atoms with Crippen LogP contribution in [0, 0.1) is 6.92 Å². The highest BCUT2D eigenvalue weighted by Crippen LogP contribution is 2.30. The van der Waals surface area contributed by atoms with Gasteiger partial charge in [0.1, 0.15) is 0 Å². The lowest BCUT2D eigenvalue weighted by Crippen LogP contribution is -2.27. The molecule has 0 aromatic carbocycles. The molecule has 3 nitrogen and oxygen atoms in total. The topological polar surface area (TPSA) is 29.9 Å². The zero-order valence-corrected chi connectivity index (χ0v) is 12.9. The van der Waals surface area contributed by atoms with E-state index in [2.05, 4.69) is 29.1 Å². The third kappa shape index (κ3) is 3.22. The standard InChI is InChI=1S/C13H22ClN3S/c1-4-18-11-6-5-10(7-11)15-8-12-13(14)9(2)16-17(12)3/h10-11,15H,4-8H2,1-3H3. The fourth-order valence-corrected chi connectivity index (χ4v) is 4.00. The maximum atomic E-state index is 6.25. The predicted molar refractivity (Wildman–Crippen MR) is 79.4 cm³/mol. The fraction of sp³-hybridized carbons (Fsp3) is 0.769. The van der Waals surface area contributed by atoms with E-state index in [9.17, 15) is 0 Å². The Morgan fingerprint density at radius 1 is 1.50 bits per heavy atom. The predicted octanol–water partition coefficient (Wildman–Crippen LogP) is 3.15. The van der Waals surface area contributed by atoms with Crippen molar-refractivity contribution in [1.29, 1.82) is 0 Å². The van der Waals surface area contributed by atoms with Crippen LogP contribution in [-0.2, 0) is 13.6 Å². The molecule has 1 aliphatic rings. The maximum absolute atomic E-state index is 6.25. The maximum Gasteiger partial charge on any atom is 0.0860 e. The van der Waals surface area contributed by atoms with Crippen LogP contribution in [0.15, 0.2) is 0 Å². The minimum atomic E-state index is 0.639. The third-order valence-electron chi connectivity index (χ3n) is 3.61. The molecule has 0 radical (unpaired) electrons. The van der Waals surface area contributed by atoms with Crippen LogP contribution in [0.2, 0.25) is 5.02 Å². The SMILES string of the molecule is CCSC1CCC(NCc2c(Cl)c(C)nn2C)C1. The number of hydrogen-bond acceptors (Lipinski definition) is 3. The summed E-state index contributed by atoms with van der Waals surface area (Å²) >= 11 is 8.34. The van der Waals surface area contributed by atoms with Gasteiger partial charge < -0.3 is 5.32 Å². The molecule has 1 heterocycles. The Morgan fingerprint density at radius 2 is 2.28 bits per heavy atom. The van der Waals surface area contributed by atoms with Crippen molar-refractivity contribution in [2.75, 3.05) is 5.75 Å². The lowest BCUT2D eigenvalue weighted by atomic mass is 10.2. The Bertz CT molecular complexity index is 405. The monoisotopic (exact) mass is 287 g/mol. The number of nitrogens with one attached hydrogen (secondary N) is 1. The summed E-state index contributed by atoms with van der Waals surface area (Å²) in [6, 6.07) is 0.639. The molecule has 5 heteroatoms. The summed E-state index contributed by atoms with van der Waals surface area (Å²) in [6.45, 7) is 5.02. The van der Waals surface area contributed by atoms with Crippen LogP contribution in [0.5, 0.6) is 0 Å². The van der Waals surface area contributed by atoms with Gasteiger partial charge in [0.2, 0.25) is 0 Å². The van der Waals surface area contributed by atoms with Gasteiger partial charge in [-0.15, -0.1) is 0 Å². The first-order valence-electron chi connectivity index (χ1n) is 6.64. The van der Waals surface area contributed by atoms with Crippen LogP contribution >= 0.6 is 23.4 Å². The van der Waals surface area contributed by atoms with Crippen molar-refractivity contribution in [3.8, 4) is 0 Å². The summed E-state index contributed by atoms with van der Waals surface area (Å²) in [6.07, 6.45) is 3.91. The number of aromatic nitrogens is 2. The summed E-state index contributed by atoms with van der Waals surface area (Å²) < 4.78 is 1.89. The Balaban J connectivity index is 1.85. The first-order valence-corrected chi connectivity index (χ1v) is 8.07. The normalized spacial score (nSPS) is 23.8. The van der Waals surface area contributed by atoms with Crippen LogP contribution < -0.4 is 5.32 Å². The van der Waals surface area contributed by atoms with Crippen molar-refractivity contribution < 1.29 is 0 Å². The smallest absolute Gasteiger partial charge is 0.0860 e. The first-order chi connectivity index (χ1) is 8.61. The van der Waals surface area contributed by atoms with Crippen LogP contribution in [-0.4, -0.2) is 26.8 Å².